The Morgan fingerprint density at radius 3 is 1.21 bits per heavy atom. The lowest BCUT2D eigenvalue weighted by molar-refractivity contribution is -0.286. The number of aliphatic hydroxyl groups is 10. The van der Waals surface area contributed by atoms with Gasteiger partial charge in [0.25, 0.3) is 0 Å². The number of carbonyl (C=O) groups excluding carboxylic acids is 6. The van der Waals surface area contributed by atoms with Crippen LogP contribution in [-0.4, -0.2) is 293 Å². The highest BCUT2D eigenvalue weighted by molar-refractivity contribution is 5.73. The van der Waals surface area contributed by atoms with E-state index in [-0.39, 0.29) is 69.4 Å². The van der Waals surface area contributed by atoms with E-state index in [9.17, 15) is 79.8 Å². The molecule has 440 valence electrons. The van der Waals surface area contributed by atoms with Crippen molar-refractivity contribution in [3.05, 3.63) is 52.1 Å². The molecule has 2 heterocycles. The third-order valence-electron chi connectivity index (χ3n) is 12.8. The summed E-state index contributed by atoms with van der Waals surface area (Å²) < 4.78 is 42.7. The van der Waals surface area contributed by atoms with Gasteiger partial charge in [0.1, 0.15) is 87.6 Å². The van der Waals surface area contributed by atoms with Crippen LogP contribution in [0, 0.1) is 12.8 Å². The Morgan fingerprint density at radius 1 is 0.487 bits per heavy atom. The molecular weight excluding hydrogens is 1040 g/mol. The van der Waals surface area contributed by atoms with Gasteiger partial charge in [0, 0.05) is 98.6 Å². The first-order valence-corrected chi connectivity index (χ1v) is 24.5. The fourth-order valence-corrected chi connectivity index (χ4v) is 7.72. The molecule has 0 bridgehead atoms. The van der Waals surface area contributed by atoms with Gasteiger partial charge in [-0.1, -0.05) is 23.3 Å². The van der Waals surface area contributed by atoms with Gasteiger partial charge in [0.15, 0.2) is 12.6 Å². The summed E-state index contributed by atoms with van der Waals surface area (Å²) >= 11 is 0. The Hall–Kier alpha value is -6.16. The van der Waals surface area contributed by atoms with Gasteiger partial charge in [-0.05, 0) is 31.6 Å². The second-order valence-corrected chi connectivity index (χ2v) is 19.1. The van der Waals surface area contributed by atoms with Crippen LogP contribution < -0.4 is 4.74 Å². The van der Waals surface area contributed by atoms with Crippen LogP contribution in [0.5, 0.6) is 5.75 Å². The number of aliphatic hydroxyl groups excluding tert-OH is 10. The monoisotopic (exact) mass is 1120 g/mol. The molecule has 12 atom stereocenters. The molecule has 30 nitrogen and oxygen atoms in total. The molecule has 2 aliphatic heterocycles. The van der Waals surface area contributed by atoms with E-state index in [0.29, 0.717) is 11.1 Å². The minimum atomic E-state index is -1.84. The number of hydrogen-bond acceptors (Lipinski definition) is 24. The highest BCUT2D eigenvalue weighted by Gasteiger charge is 2.45. The number of aryl methyl sites for hydroxylation is 1. The lowest BCUT2D eigenvalue weighted by Gasteiger charge is -2.38. The number of carbonyl (C=O) groups is 6. The van der Waals surface area contributed by atoms with Gasteiger partial charge in [0.2, 0.25) is 0 Å². The molecule has 1 aromatic carbocycles. The normalized spacial score (nSPS) is 25.8. The van der Waals surface area contributed by atoms with Gasteiger partial charge < -0.3 is 118 Å². The summed E-state index contributed by atoms with van der Waals surface area (Å²) in [6, 6.07) is 3.10. The van der Waals surface area contributed by atoms with Crippen LogP contribution >= 0.6 is 0 Å². The average Bonchev–Trinajstić information content (AvgIpc) is 3.41. The summed E-state index contributed by atoms with van der Waals surface area (Å²) in [5.41, 5.74) is 2.01. The molecule has 0 spiro atoms. The van der Waals surface area contributed by atoms with Gasteiger partial charge in [-0.2, -0.15) is 0 Å². The zero-order chi connectivity index (χ0) is 58.3. The van der Waals surface area contributed by atoms with Crippen molar-refractivity contribution in [3.63, 3.8) is 0 Å². The molecule has 78 heavy (non-hydrogen) atoms. The zero-order valence-corrected chi connectivity index (χ0v) is 44.6. The first kappa shape index (κ1) is 64.4. The van der Waals surface area contributed by atoms with E-state index in [1.54, 1.807) is 38.1 Å². The van der Waals surface area contributed by atoms with Crippen LogP contribution in [0.25, 0.3) is 0 Å². The van der Waals surface area contributed by atoms with Crippen molar-refractivity contribution in [1.82, 2.24) is 29.4 Å². The number of amides is 6. The van der Waals surface area contributed by atoms with E-state index in [2.05, 4.69) is 0 Å². The number of allylic oxidation sites excluding steroid dienone is 2. The smallest absolute Gasteiger partial charge is 0.415 e. The lowest BCUT2D eigenvalue weighted by Crippen LogP contribution is -2.58. The summed E-state index contributed by atoms with van der Waals surface area (Å²) in [7, 11) is 8.23. The predicted octanol–water partition coefficient (Wildman–Crippen LogP) is -2.78. The minimum Gasteiger partial charge on any atom is -0.447 e. The number of hydrogen-bond donors (Lipinski definition) is 10. The van der Waals surface area contributed by atoms with Crippen molar-refractivity contribution in [2.45, 2.75) is 94.6 Å². The van der Waals surface area contributed by atoms with Crippen LogP contribution in [0.3, 0.4) is 0 Å². The molecule has 30 heteroatoms. The second-order valence-electron chi connectivity index (χ2n) is 19.1. The Balaban J connectivity index is 1.39. The third-order valence-corrected chi connectivity index (χ3v) is 12.8. The second kappa shape index (κ2) is 29.7. The maximum atomic E-state index is 13.7. The first-order valence-electron chi connectivity index (χ1n) is 24.5. The summed E-state index contributed by atoms with van der Waals surface area (Å²) in [5, 5.41) is 99.2. The Morgan fingerprint density at radius 2 is 0.833 bits per heavy atom. The quantitative estimate of drug-likeness (QED) is 0.0557. The van der Waals surface area contributed by atoms with Crippen molar-refractivity contribution < 1.29 is 118 Å². The third kappa shape index (κ3) is 17.9. The van der Waals surface area contributed by atoms with Gasteiger partial charge in [0.05, 0.1) is 12.7 Å². The number of ether oxygens (including phenoxy) is 8. The van der Waals surface area contributed by atoms with Gasteiger partial charge in [-0.3, -0.25) is 0 Å². The number of rotatable bonds is 21. The van der Waals surface area contributed by atoms with E-state index >= 15 is 0 Å². The maximum absolute atomic E-state index is 13.7. The molecule has 2 saturated heterocycles. The molecule has 0 aromatic heterocycles. The van der Waals surface area contributed by atoms with Gasteiger partial charge in [-0.25, -0.2) is 28.8 Å². The molecule has 1 aromatic rings. The lowest BCUT2D eigenvalue weighted by atomic mass is 9.89. The fourth-order valence-electron chi connectivity index (χ4n) is 7.72. The van der Waals surface area contributed by atoms with E-state index in [1.807, 2.05) is 0 Å². The van der Waals surface area contributed by atoms with Gasteiger partial charge >= 0.3 is 36.6 Å². The summed E-state index contributed by atoms with van der Waals surface area (Å²) in [4.78, 5) is 85.3. The van der Waals surface area contributed by atoms with Crippen molar-refractivity contribution in [1.29, 1.82) is 0 Å². The number of likely N-dealkylation sites (N-methyl/N-ethyl adjacent to an activating group) is 6. The Bertz CT molecular complexity index is 2170. The zero-order valence-electron chi connectivity index (χ0n) is 44.6. The van der Waals surface area contributed by atoms with E-state index in [1.165, 1.54) is 47.2 Å². The van der Waals surface area contributed by atoms with Crippen molar-refractivity contribution >= 4 is 36.6 Å². The van der Waals surface area contributed by atoms with Crippen molar-refractivity contribution in [2.75, 3.05) is 108 Å². The standard InChI is InChI=1S/C48H74N6O24/c1-25-15-27(19-55)33(56)28(16-25)20-71-43(65)51(5)13-14-54(8)48(70)78-40-29(21-72-44(66)49(3)9-11-52(6)46(68)74-23-31-34(57)36(59)38(61)41(63)76-31)17-26(2)18-30(40)22-73-45(67)50(4)10-12-53(7)47(69)75-24-32-35(58)37(60)39(62)42(64)77-32/h15-18,27,31-39,41-42,55-64H,9-14,19-24H2,1-8H3/t27?,31?,32?,33?,34-,35-,36+,37+,38?,39?,41?,42?/m1/s1. The van der Waals surface area contributed by atoms with Crippen LogP contribution in [0.1, 0.15) is 23.6 Å². The molecule has 2 fully saturated rings. The largest absolute Gasteiger partial charge is 0.447 e. The molecule has 0 saturated carbocycles. The van der Waals surface area contributed by atoms with Crippen molar-refractivity contribution in [2.24, 2.45) is 5.92 Å². The molecule has 10 N–H and O–H groups in total. The minimum absolute atomic E-state index is 0.0553. The first-order chi connectivity index (χ1) is 36.6. The van der Waals surface area contributed by atoms with Crippen LogP contribution in [0.4, 0.5) is 28.8 Å². The molecule has 1 aliphatic carbocycles. The van der Waals surface area contributed by atoms with E-state index < -0.39 is 136 Å². The van der Waals surface area contributed by atoms with Crippen LogP contribution in [0.2, 0.25) is 0 Å². The molecule has 3 aliphatic rings. The Kier molecular flexibility index (Phi) is 24.5. The molecule has 4 rings (SSSR count). The number of nitrogens with zero attached hydrogens (tertiary/aromatic N) is 6. The molecule has 0 radical (unpaired) electrons. The fraction of sp³-hybridized carbons (Fsp3) is 0.667. The van der Waals surface area contributed by atoms with Gasteiger partial charge in [-0.15, -0.1) is 0 Å². The van der Waals surface area contributed by atoms with Crippen molar-refractivity contribution in [3.8, 4) is 5.75 Å². The van der Waals surface area contributed by atoms with E-state index in [0.717, 1.165) is 30.1 Å². The Labute approximate surface area is 449 Å². The highest BCUT2D eigenvalue weighted by atomic mass is 16.7. The van der Waals surface area contributed by atoms with Crippen LogP contribution in [0.15, 0.2) is 35.4 Å². The topological polar surface area (TPSA) is 398 Å². The molecule has 6 amide bonds. The SMILES string of the molecule is CC1=CC(CO)C(O)C(COC(=O)N(C)CCN(C)C(=O)Oc2c(COC(=O)N(C)CCN(C)C(=O)OCC3OC(O)C(O)[C@@H](O)[C@@H]3O)cc(C)cc2COC(=O)N(C)CCN(C)C(=O)OCC2OC(O)C(O)[C@@H](O)[C@@H]2O)=C1. The average molecular weight is 1120 g/mol. The summed E-state index contributed by atoms with van der Waals surface area (Å²) in [6.07, 6.45) is -19.9. The highest BCUT2D eigenvalue weighted by Crippen LogP contribution is 2.30. The number of benzene rings is 1. The predicted molar refractivity (Wildman–Crippen MR) is 264 cm³/mol. The maximum Gasteiger partial charge on any atom is 0.415 e. The summed E-state index contributed by atoms with van der Waals surface area (Å²) in [5.74, 6) is -0.719. The molecular formula is C48H74N6O24. The molecule has 8 unspecified atom stereocenters. The summed E-state index contributed by atoms with van der Waals surface area (Å²) in [6.45, 7) is 0.117. The van der Waals surface area contributed by atoms with E-state index in [4.69, 9.17) is 37.9 Å². The van der Waals surface area contributed by atoms with Crippen LogP contribution in [-0.2, 0) is 46.4 Å².